The van der Waals surface area contributed by atoms with Gasteiger partial charge in [0, 0.05) is 6.07 Å². The standard InChI is InChI=1S/C20H24N2O4/c1-4-5-6-17-19(26-15-8-7-13(11-15)20(23)25-3)22-18-12-14(24-2)9-10-16(18)21-17/h4,9-10,12-13,15H,1,5-8,11H2,2-3H3/t13-,15?/m0/s1. The number of benzene rings is 1. The van der Waals surface area contributed by atoms with Crippen molar-refractivity contribution in [2.75, 3.05) is 14.2 Å². The van der Waals surface area contributed by atoms with Crippen molar-refractivity contribution < 1.29 is 19.0 Å². The summed E-state index contributed by atoms with van der Waals surface area (Å²) in [6, 6.07) is 5.61. The largest absolute Gasteiger partial charge is 0.497 e. The van der Waals surface area contributed by atoms with E-state index in [2.05, 4.69) is 11.6 Å². The Morgan fingerprint density at radius 2 is 2.12 bits per heavy atom. The third kappa shape index (κ3) is 3.95. The Kier molecular flexibility index (Phi) is 5.71. The monoisotopic (exact) mass is 356 g/mol. The van der Waals surface area contributed by atoms with Crippen LogP contribution >= 0.6 is 0 Å². The summed E-state index contributed by atoms with van der Waals surface area (Å²) in [4.78, 5) is 21.1. The molecule has 0 bridgehead atoms. The highest BCUT2D eigenvalue weighted by Crippen LogP contribution is 2.31. The van der Waals surface area contributed by atoms with Crippen LogP contribution in [-0.4, -0.2) is 36.3 Å². The molecular weight excluding hydrogens is 332 g/mol. The highest BCUT2D eigenvalue weighted by Gasteiger charge is 2.32. The van der Waals surface area contributed by atoms with E-state index < -0.39 is 0 Å². The second-order valence-electron chi connectivity index (χ2n) is 6.43. The Labute approximate surface area is 153 Å². The number of ether oxygens (including phenoxy) is 3. The van der Waals surface area contributed by atoms with Crippen LogP contribution in [0, 0.1) is 5.92 Å². The van der Waals surface area contributed by atoms with E-state index in [-0.39, 0.29) is 18.0 Å². The van der Waals surface area contributed by atoms with Crippen LogP contribution in [0.2, 0.25) is 0 Å². The fourth-order valence-corrected chi connectivity index (χ4v) is 3.26. The van der Waals surface area contributed by atoms with Gasteiger partial charge in [-0.15, -0.1) is 6.58 Å². The molecule has 6 nitrogen and oxygen atoms in total. The third-order valence-corrected chi connectivity index (χ3v) is 4.69. The lowest BCUT2D eigenvalue weighted by molar-refractivity contribution is -0.145. The summed E-state index contributed by atoms with van der Waals surface area (Å²) in [5.41, 5.74) is 2.34. The normalized spacial score (nSPS) is 19.3. The average Bonchev–Trinajstić information content (AvgIpc) is 3.13. The van der Waals surface area contributed by atoms with Gasteiger partial charge < -0.3 is 14.2 Å². The summed E-state index contributed by atoms with van der Waals surface area (Å²) in [6.07, 6.45) is 5.52. The number of fused-ring (bicyclic) bond motifs is 1. The molecule has 0 amide bonds. The summed E-state index contributed by atoms with van der Waals surface area (Å²) in [7, 11) is 3.04. The molecule has 1 fully saturated rings. The van der Waals surface area contributed by atoms with Crippen molar-refractivity contribution >= 4 is 17.0 Å². The van der Waals surface area contributed by atoms with E-state index in [1.165, 1.54) is 7.11 Å². The molecule has 1 aromatic heterocycles. The molecule has 0 radical (unpaired) electrons. The average molecular weight is 356 g/mol. The number of methoxy groups -OCH3 is 2. The van der Waals surface area contributed by atoms with Crippen LogP contribution in [0.4, 0.5) is 0 Å². The van der Waals surface area contributed by atoms with Crippen LogP contribution in [0.25, 0.3) is 11.0 Å². The van der Waals surface area contributed by atoms with E-state index in [0.717, 1.165) is 41.7 Å². The highest BCUT2D eigenvalue weighted by molar-refractivity contribution is 5.76. The minimum atomic E-state index is -0.169. The Morgan fingerprint density at radius 3 is 2.85 bits per heavy atom. The maximum Gasteiger partial charge on any atom is 0.308 e. The summed E-state index contributed by atoms with van der Waals surface area (Å²) in [5.74, 6) is 0.985. The van der Waals surface area contributed by atoms with Crippen molar-refractivity contribution in [1.82, 2.24) is 9.97 Å². The Morgan fingerprint density at radius 1 is 1.27 bits per heavy atom. The van der Waals surface area contributed by atoms with Crippen LogP contribution in [0.3, 0.4) is 0 Å². The van der Waals surface area contributed by atoms with E-state index in [1.807, 2.05) is 24.3 Å². The van der Waals surface area contributed by atoms with Crippen molar-refractivity contribution in [2.24, 2.45) is 5.92 Å². The van der Waals surface area contributed by atoms with Crippen molar-refractivity contribution in [1.29, 1.82) is 0 Å². The molecule has 1 saturated carbocycles. The quantitative estimate of drug-likeness (QED) is 0.559. The van der Waals surface area contributed by atoms with Gasteiger partial charge in [-0.3, -0.25) is 4.79 Å². The SMILES string of the molecule is C=CCCc1nc2ccc(OC)cc2nc1OC1CC[C@H](C(=O)OC)C1. The van der Waals surface area contributed by atoms with Gasteiger partial charge >= 0.3 is 5.97 Å². The zero-order valence-electron chi connectivity index (χ0n) is 15.2. The van der Waals surface area contributed by atoms with Crippen LogP contribution < -0.4 is 9.47 Å². The van der Waals surface area contributed by atoms with Crippen molar-refractivity contribution in [3.05, 3.63) is 36.5 Å². The molecule has 0 spiro atoms. The Bertz CT molecular complexity index is 806. The highest BCUT2D eigenvalue weighted by atomic mass is 16.5. The number of rotatable bonds is 7. The van der Waals surface area contributed by atoms with Gasteiger partial charge in [0.15, 0.2) is 0 Å². The molecule has 6 heteroatoms. The molecule has 2 aromatic rings. The maximum atomic E-state index is 11.7. The number of carbonyl (C=O) groups is 1. The lowest BCUT2D eigenvalue weighted by Gasteiger charge is -2.16. The molecular formula is C20H24N2O4. The molecule has 1 aliphatic rings. The first-order chi connectivity index (χ1) is 12.6. The van der Waals surface area contributed by atoms with Crippen molar-refractivity contribution in [3.8, 4) is 11.6 Å². The molecule has 1 aromatic carbocycles. The van der Waals surface area contributed by atoms with Crippen LogP contribution in [0.1, 0.15) is 31.4 Å². The van der Waals surface area contributed by atoms with Gasteiger partial charge in [-0.1, -0.05) is 6.08 Å². The van der Waals surface area contributed by atoms with Gasteiger partial charge in [0.2, 0.25) is 5.88 Å². The summed E-state index contributed by atoms with van der Waals surface area (Å²) in [6.45, 7) is 3.78. The summed E-state index contributed by atoms with van der Waals surface area (Å²) >= 11 is 0. The van der Waals surface area contributed by atoms with Gasteiger partial charge in [-0.25, -0.2) is 9.97 Å². The van der Waals surface area contributed by atoms with Gasteiger partial charge in [-0.2, -0.15) is 0 Å². The lowest BCUT2D eigenvalue weighted by atomic mass is 10.1. The van der Waals surface area contributed by atoms with Gasteiger partial charge in [0.1, 0.15) is 17.5 Å². The first kappa shape index (κ1) is 18.2. The molecule has 1 aliphatic carbocycles. The van der Waals surface area contributed by atoms with Crippen molar-refractivity contribution in [2.45, 2.75) is 38.2 Å². The predicted molar refractivity (Wildman–Crippen MR) is 98.4 cm³/mol. The molecule has 138 valence electrons. The summed E-state index contributed by atoms with van der Waals surface area (Å²) in [5, 5.41) is 0. The van der Waals surface area contributed by atoms with E-state index in [9.17, 15) is 4.79 Å². The number of carbonyl (C=O) groups excluding carboxylic acids is 1. The van der Waals surface area contributed by atoms with E-state index in [4.69, 9.17) is 19.2 Å². The van der Waals surface area contributed by atoms with Crippen LogP contribution in [0.5, 0.6) is 11.6 Å². The fraction of sp³-hybridized carbons (Fsp3) is 0.450. The minimum Gasteiger partial charge on any atom is -0.497 e. The van der Waals surface area contributed by atoms with Gasteiger partial charge in [0.25, 0.3) is 0 Å². The topological polar surface area (TPSA) is 70.5 Å². The molecule has 1 unspecified atom stereocenters. The first-order valence-corrected chi connectivity index (χ1v) is 8.84. The first-order valence-electron chi connectivity index (χ1n) is 8.84. The maximum absolute atomic E-state index is 11.7. The van der Waals surface area contributed by atoms with E-state index >= 15 is 0 Å². The number of allylic oxidation sites excluding steroid dienone is 1. The van der Waals surface area contributed by atoms with Crippen LogP contribution in [0.15, 0.2) is 30.9 Å². The zero-order valence-corrected chi connectivity index (χ0v) is 15.2. The van der Waals surface area contributed by atoms with Crippen LogP contribution in [-0.2, 0) is 16.0 Å². The summed E-state index contributed by atoms with van der Waals surface area (Å²) < 4.78 is 16.3. The van der Waals surface area contributed by atoms with E-state index in [0.29, 0.717) is 18.7 Å². The fourth-order valence-electron chi connectivity index (χ4n) is 3.26. The van der Waals surface area contributed by atoms with Gasteiger partial charge in [0.05, 0.1) is 31.2 Å². The number of aryl methyl sites for hydroxylation is 1. The molecule has 1 heterocycles. The number of esters is 1. The minimum absolute atomic E-state index is 0.0565. The lowest BCUT2D eigenvalue weighted by Crippen LogP contribution is -2.18. The Balaban J connectivity index is 1.86. The van der Waals surface area contributed by atoms with Crippen molar-refractivity contribution in [3.63, 3.8) is 0 Å². The molecule has 0 saturated heterocycles. The molecule has 2 atom stereocenters. The second-order valence-corrected chi connectivity index (χ2v) is 6.43. The molecule has 0 aliphatic heterocycles. The number of aromatic nitrogens is 2. The molecule has 3 rings (SSSR count). The molecule has 0 N–H and O–H groups in total. The number of nitrogens with zero attached hydrogens (tertiary/aromatic N) is 2. The van der Waals surface area contributed by atoms with E-state index in [1.54, 1.807) is 7.11 Å². The Hall–Kier alpha value is -2.63. The predicted octanol–water partition coefficient (Wildman–Crippen LogP) is 3.48. The smallest absolute Gasteiger partial charge is 0.308 e. The zero-order chi connectivity index (χ0) is 18.5. The number of hydrogen-bond donors (Lipinski definition) is 0. The van der Waals surface area contributed by atoms with Gasteiger partial charge in [-0.05, 0) is 44.2 Å². The second kappa shape index (κ2) is 8.17. The molecule has 26 heavy (non-hydrogen) atoms. The number of hydrogen-bond acceptors (Lipinski definition) is 6. The third-order valence-electron chi connectivity index (χ3n) is 4.69.